The van der Waals surface area contributed by atoms with Crippen molar-refractivity contribution in [1.82, 2.24) is 25.0 Å². The number of nitrogens with one attached hydrogen (secondary N) is 3. The maximum Gasteiger partial charge on any atom is 0.264 e. The fourth-order valence-electron chi connectivity index (χ4n) is 7.74. The van der Waals surface area contributed by atoms with Gasteiger partial charge >= 0.3 is 0 Å². The normalized spacial score (nSPS) is 16.8. The molecule has 1 unspecified atom stereocenters. The van der Waals surface area contributed by atoms with Crippen LogP contribution in [0, 0.1) is 6.57 Å². The fourth-order valence-corrected chi connectivity index (χ4v) is 8.24. The van der Waals surface area contributed by atoms with E-state index in [1.807, 2.05) is 6.07 Å². The third-order valence-corrected chi connectivity index (χ3v) is 11.7. The number of benzene rings is 3. The number of piperazine rings is 1. The molecule has 0 spiro atoms. The van der Waals surface area contributed by atoms with Crippen LogP contribution in [0.25, 0.3) is 15.7 Å². The molecule has 332 valence electrons. The van der Waals surface area contributed by atoms with Gasteiger partial charge in [-0.05, 0) is 37.1 Å². The molecule has 2 fully saturated rings. The number of amides is 4. The monoisotopic (exact) mass is 902 g/mol. The van der Waals surface area contributed by atoms with Gasteiger partial charge in [0.05, 0.1) is 91.9 Å². The summed E-state index contributed by atoms with van der Waals surface area (Å²) in [6.45, 7) is 15.9. The number of hydrogen-bond donors (Lipinski definition) is 3. The minimum absolute atomic E-state index is 0.0638. The Kier molecular flexibility index (Phi) is 15.2. The minimum atomic E-state index is -1.01. The topological polar surface area (TPSA) is 177 Å². The molecule has 4 aromatic rings. The molecule has 0 bridgehead atoms. The predicted octanol–water partition coefficient (Wildman–Crippen LogP) is 5.79. The molecule has 1 atom stereocenters. The van der Waals surface area contributed by atoms with Crippen LogP contribution >= 0.6 is 23.2 Å². The molecule has 63 heavy (non-hydrogen) atoms. The quantitative estimate of drug-likeness (QED) is 0.0552. The van der Waals surface area contributed by atoms with Crippen LogP contribution in [0.1, 0.15) is 40.0 Å². The number of carbonyl (C=O) groups is 4. The Balaban J connectivity index is 0.774. The van der Waals surface area contributed by atoms with Crippen LogP contribution in [-0.2, 0) is 19.1 Å². The van der Waals surface area contributed by atoms with Crippen molar-refractivity contribution in [2.45, 2.75) is 25.3 Å². The summed E-state index contributed by atoms with van der Waals surface area (Å²) < 4.78 is 28.8. The SMILES string of the molecule is [C-]#[N+]c1cnc2cc(OCCCN3CCN(CCOCCOCCNc4cccc5c4C(=O)N(C4CCC(=O)NC4=O)C5=O)CC3)c(OC)cc2c1Nc1cc(OC)c(Cl)cc1Cl. The molecule has 3 aliphatic rings. The summed E-state index contributed by atoms with van der Waals surface area (Å²) in [5, 5.41) is 10.1. The number of fused-ring (bicyclic) bond motifs is 2. The van der Waals surface area contributed by atoms with Crippen LogP contribution in [0.2, 0.25) is 10.0 Å². The average molecular weight is 904 g/mol. The molecule has 7 rings (SSSR count). The zero-order valence-corrected chi connectivity index (χ0v) is 36.5. The number of hydrogen-bond acceptors (Lipinski definition) is 14. The Morgan fingerprint density at radius 3 is 2.32 bits per heavy atom. The molecular formula is C44H48Cl2N8O9. The van der Waals surface area contributed by atoms with Gasteiger partial charge in [0.25, 0.3) is 11.8 Å². The number of ether oxygens (including phenoxy) is 5. The van der Waals surface area contributed by atoms with E-state index in [1.54, 1.807) is 43.5 Å². The van der Waals surface area contributed by atoms with Gasteiger partial charge in [-0.2, -0.15) is 0 Å². The van der Waals surface area contributed by atoms with Crippen molar-refractivity contribution < 1.29 is 42.9 Å². The highest BCUT2D eigenvalue weighted by molar-refractivity contribution is 6.37. The van der Waals surface area contributed by atoms with E-state index >= 15 is 0 Å². The Bertz CT molecular complexity index is 2410. The average Bonchev–Trinajstić information content (AvgIpc) is 3.54. The summed E-state index contributed by atoms with van der Waals surface area (Å²) in [5.74, 6) is -0.644. The summed E-state index contributed by atoms with van der Waals surface area (Å²) in [5.41, 5.74) is 2.89. The first-order valence-electron chi connectivity index (χ1n) is 20.6. The fraction of sp³-hybridized carbons (Fsp3) is 0.409. The lowest BCUT2D eigenvalue weighted by molar-refractivity contribution is -0.136. The summed E-state index contributed by atoms with van der Waals surface area (Å²) in [4.78, 5) is 64.2. The van der Waals surface area contributed by atoms with E-state index in [4.69, 9.17) is 53.5 Å². The van der Waals surface area contributed by atoms with Crippen LogP contribution in [-0.4, -0.2) is 142 Å². The Hall–Kier alpha value is -5.74. The minimum Gasteiger partial charge on any atom is -0.495 e. The number of piperidine rings is 1. The second kappa shape index (κ2) is 21.1. The van der Waals surface area contributed by atoms with Crippen molar-refractivity contribution in [2.24, 2.45) is 0 Å². The smallest absolute Gasteiger partial charge is 0.264 e. The standard InChI is InChI=1S/C44H48Cl2N8O9/c1-47-34-26-49-32-24-38(37(60-3)22-28(32)41(34)50-33-25-36(59-2)30(46)23-29(33)45)63-17-5-11-52-12-14-53(15-13-52)16-19-62-21-20-61-18-10-48-31-7-4-6-27-40(31)44(58)54(43(27)57)35-8-9-39(55)51-42(35)56/h4,6-7,22-26,35,48H,5,8-21H2,2-3H3,(H,49,50)(H,51,55,56). The molecule has 4 amide bonds. The first kappa shape index (κ1) is 45.3. The highest BCUT2D eigenvalue weighted by Crippen LogP contribution is 2.43. The molecule has 4 heterocycles. The highest BCUT2D eigenvalue weighted by atomic mass is 35.5. The van der Waals surface area contributed by atoms with Crippen molar-refractivity contribution >= 4 is 80.5 Å². The zero-order valence-electron chi connectivity index (χ0n) is 35.0. The molecule has 0 radical (unpaired) electrons. The molecule has 1 aromatic heterocycles. The van der Waals surface area contributed by atoms with Crippen LogP contribution in [0.4, 0.5) is 22.7 Å². The predicted molar refractivity (Wildman–Crippen MR) is 237 cm³/mol. The Morgan fingerprint density at radius 2 is 1.59 bits per heavy atom. The first-order valence-corrected chi connectivity index (χ1v) is 21.4. The lowest BCUT2D eigenvalue weighted by Gasteiger charge is -2.34. The van der Waals surface area contributed by atoms with Gasteiger partial charge in [-0.1, -0.05) is 29.3 Å². The Morgan fingerprint density at radius 1 is 0.841 bits per heavy atom. The third-order valence-electron chi connectivity index (χ3n) is 11.0. The number of anilines is 3. The van der Waals surface area contributed by atoms with Gasteiger partial charge in [0, 0.05) is 81.6 Å². The maximum absolute atomic E-state index is 13.3. The van der Waals surface area contributed by atoms with Gasteiger partial charge in [-0.25, -0.2) is 4.85 Å². The molecular weight excluding hydrogens is 855 g/mol. The largest absolute Gasteiger partial charge is 0.495 e. The van der Waals surface area contributed by atoms with Crippen LogP contribution in [0.3, 0.4) is 0 Å². The number of pyridine rings is 1. The van der Waals surface area contributed by atoms with E-state index in [2.05, 4.69) is 35.6 Å². The number of methoxy groups -OCH3 is 2. The van der Waals surface area contributed by atoms with Crippen molar-refractivity contribution in [3.8, 4) is 17.2 Å². The lowest BCUT2D eigenvalue weighted by Crippen LogP contribution is -2.54. The van der Waals surface area contributed by atoms with Crippen molar-refractivity contribution in [2.75, 3.05) is 104 Å². The van der Waals surface area contributed by atoms with Crippen LogP contribution < -0.4 is 30.2 Å². The van der Waals surface area contributed by atoms with Crippen molar-refractivity contribution in [1.29, 1.82) is 0 Å². The lowest BCUT2D eigenvalue weighted by atomic mass is 10.0. The number of imide groups is 2. The number of rotatable bonds is 20. The van der Waals surface area contributed by atoms with Crippen LogP contribution in [0.15, 0.2) is 48.7 Å². The summed E-state index contributed by atoms with van der Waals surface area (Å²) in [7, 11) is 3.09. The van der Waals surface area contributed by atoms with Gasteiger partial charge in [0.15, 0.2) is 11.5 Å². The molecule has 3 aliphatic heterocycles. The maximum atomic E-state index is 13.3. The van der Waals surface area contributed by atoms with Gasteiger partial charge in [0.2, 0.25) is 17.5 Å². The molecule has 17 nitrogen and oxygen atoms in total. The second-order valence-corrected chi connectivity index (χ2v) is 15.8. The first-order chi connectivity index (χ1) is 30.6. The van der Waals surface area contributed by atoms with E-state index in [-0.39, 0.29) is 24.0 Å². The highest BCUT2D eigenvalue weighted by Gasteiger charge is 2.45. The molecule has 3 N–H and O–H groups in total. The van der Waals surface area contributed by atoms with Crippen LogP contribution in [0.5, 0.6) is 17.2 Å². The third kappa shape index (κ3) is 10.6. The molecule has 3 aromatic carbocycles. The molecule has 0 aliphatic carbocycles. The van der Waals surface area contributed by atoms with Gasteiger partial charge in [-0.3, -0.25) is 39.3 Å². The van der Waals surface area contributed by atoms with E-state index < -0.39 is 29.7 Å². The summed E-state index contributed by atoms with van der Waals surface area (Å²) in [6.07, 6.45) is 2.50. The number of nitrogens with zero attached hydrogens (tertiary/aromatic N) is 5. The second-order valence-electron chi connectivity index (χ2n) is 15.0. The van der Waals surface area contributed by atoms with E-state index in [0.717, 1.165) is 50.6 Å². The van der Waals surface area contributed by atoms with Gasteiger partial charge in [0.1, 0.15) is 11.8 Å². The molecule has 0 saturated carbocycles. The molecule has 2 saturated heterocycles. The van der Waals surface area contributed by atoms with Gasteiger partial charge in [-0.15, -0.1) is 0 Å². The molecule has 19 heteroatoms. The summed E-state index contributed by atoms with van der Waals surface area (Å²) >= 11 is 12.7. The Labute approximate surface area is 374 Å². The number of halogens is 2. The zero-order chi connectivity index (χ0) is 44.5. The number of carbonyl (C=O) groups excluding carboxylic acids is 4. The summed E-state index contributed by atoms with van der Waals surface area (Å²) in [6, 6.07) is 10.8. The van der Waals surface area contributed by atoms with Crippen molar-refractivity contribution in [3.05, 3.63) is 81.3 Å². The van der Waals surface area contributed by atoms with E-state index in [1.165, 1.54) is 13.3 Å². The van der Waals surface area contributed by atoms with E-state index in [0.29, 0.717) is 101 Å². The van der Waals surface area contributed by atoms with Gasteiger partial charge < -0.3 is 39.2 Å². The van der Waals surface area contributed by atoms with E-state index in [9.17, 15) is 19.2 Å². The van der Waals surface area contributed by atoms with Crippen molar-refractivity contribution in [3.63, 3.8) is 0 Å². The number of aromatic nitrogens is 1.